The second kappa shape index (κ2) is 5.63. The number of benzene rings is 2. The monoisotopic (exact) mass is 324 g/mol. The highest BCUT2D eigenvalue weighted by Gasteiger charge is 2.41. The van der Waals surface area contributed by atoms with Gasteiger partial charge in [0.25, 0.3) is 11.8 Å². The summed E-state index contributed by atoms with van der Waals surface area (Å²) in [5.74, 6) is -0.404. The summed E-state index contributed by atoms with van der Waals surface area (Å²) >= 11 is 0. The number of nitrogens with zero attached hydrogens (tertiary/aromatic N) is 2. The number of rotatable bonds is 2. The fourth-order valence-corrected chi connectivity index (χ4v) is 3.44. The maximum Gasteiger partial charge on any atom is 0.417 e. The van der Waals surface area contributed by atoms with Crippen LogP contribution >= 0.6 is 0 Å². The van der Waals surface area contributed by atoms with Crippen LogP contribution in [0.4, 0.5) is 4.79 Å². The van der Waals surface area contributed by atoms with Crippen LogP contribution in [0.15, 0.2) is 42.5 Å². The molecule has 24 heavy (non-hydrogen) atoms. The zero-order chi connectivity index (χ0) is 16.7. The van der Waals surface area contributed by atoms with Gasteiger partial charge in [0.05, 0.1) is 6.04 Å². The Kier molecular flexibility index (Phi) is 3.45. The molecule has 2 aromatic carbocycles. The Morgan fingerprint density at radius 1 is 1.08 bits per heavy atom. The van der Waals surface area contributed by atoms with Crippen LogP contribution < -0.4 is 0 Å². The third-order valence-corrected chi connectivity index (χ3v) is 4.62. The Bertz CT molecular complexity index is 827. The molecule has 0 spiro atoms. The van der Waals surface area contributed by atoms with E-state index in [0.717, 1.165) is 15.7 Å². The smallest absolute Gasteiger partial charge is 0.417 e. The van der Waals surface area contributed by atoms with Crippen LogP contribution in [-0.2, 0) is 9.53 Å². The van der Waals surface area contributed by atoms with Crippen molar-refractivity contribution in [3.63, 3.8) is 0 Å². The van der Waals surface area contributed by atoms with Crippen LogP contribution in [0.2, 0.25) is 0 Å². The van der Waals surface area contributed by atoms with Crippen molar-refractivity contribution < 1.29 is 19.1 Å². The van der Waals surface area contributed by atoms with Gasteiger partial charge in [0, 0.05) is 18.7 Å². The lowest BCUT2D eigenvalue weighted by molar-refractivity contribution is -0.127. The molecule has 3 amide bonds. The normalized spacial score (nSPS) is 20.8. The molecular weight excluding hydrogens is 308 g/mol. The Labute approximate surface area is 138 Å². The minimum Gasteiger partial charge on any atom is -0.439 e. The van der Waals surface area contributed by atoms with Crippen molar-refractivity contribution in [3.8, 4) is 0 Å². The summed E-state index contributed by atoms with van der Waals surface area (Å²) < 4.78 is 4.76. The maximum absolute atomic E-state index is 12.9. The van der Waals surface area contributed by atoms with E-state index in [-0.39, 0.29) is 24.5 Å². The maximum atomic E-state index is 12.9. The van der Waals surface area contributed by atoms with E-state index in [0.29, 0.717) is 25.1 Å². The molecule has 0 radical (unpaired) electrons. The predicted octanol–water partition coefficient (Wildman–Crippen LogP) is 2.03. The number of likely N-dealkylation sites (tertiary alicyclic amines) is 1. The summed E-state index contributed by atoms with van der Waals surface area (Å²) in [6, 6.07) is 13.1. The van der Waals surface area contributed by atoms with E-state index in [2.05, 4.69) is 0 Å². The lowest BCUT2D eigenvalue weighted by Crippen LogP contribution is -2.42. The van der Waals surface area contributed by atoms with E-state index < -0.39 is 6.09 Å². The van der Waals surface area contributed by atoms with Crippen LogP contribution in [0, 0.1) is 0 Å². The van der Waals surface area contributed by atoms with Gasteiger partial charge < -0.3 is 9.64 Å². The second-order valence-electron chi connectivity index (χ2n) is 6.04. The topological polar surface area (TPSA) is 66.9 Å². The number of fused-ring (bicyclic) bond motifs is 1. The van der Waals surface area contributed by atoms with Gasteiger partial charge in [-0.2, -0.15) is 0 Å². The summed E-state index contributed by atoms with van der Waals surface area (Å²) in [7, 11) is 0. The second-order valence-corrected chi connectivity index (χ2v) is 6.04. The zero-order valence-corrected chi connectivity index (χ0v) is 13.0. The first kappa shape index (κ1) is 14.7. The van der Waals surface area contributed by atoms with Crippen LogP contribution in [0.1, 0.15) is 16.8 Å². The number of amides is 3. The molecule has 6 heteroatoms. The number of cyclic esters (lactones) is 1. The van der Waals surface area contributed by atoms with Crippen LogP contribution in [-0.4, -0.2) is 53.4 Å². The van der Waals surface area contributed by atoms with Gasteiger partial charge in [-0.1, -0.05) is 36.4 Å². The van der Waals surface area contributed by atoms with Crippen molar-refractivity contribution in [3.05, 3.63) is 48.0 Å². The Morgan fingerprint density at radius 3 is 2.67 bits per heavy atom. The van der Waals surface area contributed by atoms with E-state index >= 15 is 0 Å². The first-order valence-corrected chi connectivity index (χ1v) is 7.91. The molecule has 2 fully saturated rings. The number of carbonyl (C=O) groups excluding carboxylic acids is 3. The average Bonchev–Trinajstić information content (AvgIpc) is 3.20. The molecule has 122 valence electrons. The minimum absolute atomic E-state index is 0.0747. The molecule has 2 aliphatic rings. The summed E-state index contributed by atoms with van der Waals surface area (Å²) in [5, 5.41) is 1.92. The molecule has 0 unspecified atom stereocenters. The van der Waals surface area contributed by atoms with E-state index in [1.807, 2.05) is 42.5 Å². The number of hydrogen-bond acceptors (Lipinski definition) is 4. The first-order chi connectivity index (χ1) is 11.6. The molecular formula is C18H16N2O4. The number of imide groups is 1. The Hall–Kier alpha value is -2.89. The molecule has 0 aliphatic carbocycles. The number of carbonyl (C=O) groups is 3. The van der Waals surface area contributed by atoms with Crippen molar-refractivity contribution in [2.45, 2.75) is 12.5 Å². The van der Waals surface area contributed by atoms with Gasteiger partial charge in [-0.15, -0.1) is 0 Å². The van der Waals surface area contributed by atoms with Crippen LogP contribution in [0.5, 0.6) is 0 Å². The highest BCUT2D eigenvalue weighted by atomic mass is 16.6. The average molecular weight is 324 g/mol. The number of ether oxygens (including phenoxy) is 1. The van der Waals surface area contributed by atoms with Gasteiger partial charge in [-0.25, -0.2) is 9.69 Å². The first-order valence-electron chi connectivity index (χ1n) is 7.91. The summed E-state index contributed by atoms with van der Waals surface area (Å²) in [5.41, 5.74) is 0.643. The third-order valence-electron chi connectivity index (χ3n) is 4.62. The van der Waals surface area contributed by atoms with E-state index in [9.17, 15) is 14.4 Å². The van der Waals surface area contributed by atoms with E-state index in [4.69, 9.17) is 4.74 Å². The van der Waals surface area contributed by atoms with Gasteiger partial charge in [-0.3, -0.25) is 9.59 Å². The van der Waals surface area contributed by atoms with Crippen LogP contribution in [0.3, 0.4) is 0 Å². The highest BCUT2D eigenvalue weighted by Crippen LogP contribution is 2.24. The minimum atomic E-state index is -0.607. The van der Waals surface area contributed by atoms with Crippen molar-refractivity contribution in [1.82, 2.24) is 9.80 Å². The van der Waals surface area contributed by atoms with Gasteiger partial charge in [-0.05, 0) is 23.3 Å². The Balaban J connectivity index is 1.57. The molecule has 0 bridgehead atoms. The molecule has 1 atom stereocenters. The van der Waals surface area contributed by atoms with Crippen molar-refractivity contribution >= 4 is 28.7 Å². The fourth-order valence-electron chi connectivity index (χ4n) is 3.44. The standard InChI is InChI=1S/C18H16N2O4/c21-16-11-24-18(23)20(16)13-8-9-19(10-13)17(22)15-7-3-5-12-4-1-2-6-14(12)15/h1-7,13H,8-11H2/t13-/m1/s1. The molecule has 0 N–H and O–H groups in total. The SMILES string of the molecule is O=C(c1cccc2ccccc12)N1CC[C@@H](N2C(=O)COC2=O)C1. The van der Waals surface area contributed by atoms with Gasteiger partial charge in [0.15, 0.2) is 6.61 Å². The molecule has 0 aromatic heterocycles. The Morgan fingerprint density at radius 2 is 1.88 bits per heavy atom. The summed E-state index contributed by atoms with van der Waals surface area (Å²) in [4.78, 5) is 39.2. The predicted molar refractivity (Wildman–Crippen MR) is 86.5 cm³/mol. The molecule has 2 heterocycles. The molecule has 0 saturated carbocycles. The summed E-state index contributed by atoms with van der Waals surface area (Å²) in [6.45, 7) is 0.666. The van der Waals surface area contributed by atoms with Crippen molar-refractivity contribution in [2.24, 2.45) is 0 Å². The molecule has 4 rings (SSSR count). The largest absolute Gasteiger partial charge is 0.439 e. The number of hydrogen-bond donors (Lipinski definition) is 0. The molecule has 2 aromatic rings. The van der Waals surface area contributed by atoms with E-state index in [1.165, 1.54) is 0 Å². The zero-order valence-electron chi connectivity index (χ0n) is 13.0. The molecule has 6 nitrogen and oxygen atoms in total. The van der Waals surface area contributed by atoms with Gasteiger partial charge in [0.2, 0.25) is 0 Å². The van der Waals surface area contributed by atoms with Gasteiger partial charge >= 0.3 is 6.09 Å². The van der Waals surface area contributed by atoms with E-state index in [1.54, 1.807) is 4.90 Å². The summed E-state index contributed by atoms with van der Waals surface area (Å²) in [6.07, 6.45) is -0.0263. The highest BCUT2D eigenvalue weighted by molar-refractivity contribution is 6.07. The van der Waals surface area contributed by atoms with Gasteiger partial charge in [0.1, 0.15) is 0 Å². The fraction of sp³-hybridized carbons (Fsp3) is 0.278. The molecule has 2 saturated heterocycles. The lowest BCUT2D eigenvalue weighted by Gasteiger charge is -2.21. The van der Waals surface area contributed by atoms with Crippen molar-refractivity contribution in [2.75, 3.05) is 19.7 Å². The third kappa shape index (κ3) is 2.31. The van der Waals surface area contributed by atoms with Crippen molar-refractivity contribution in [1.29, 1.82) is 0 Å². The quantitative estimate of drug-likeness (QED) is 0.848. The molecule has 2 aliphatic heterocycles. The van der Waals surface area contributed by atoms with Crippen LogP contribution in [0.25, 0.3) is 10.8 Å². The lowest BCUT2D eigenvalue weighted by atomic mass is 10.0.